The molecule has 1 fully saturated rings. The van der Waals surface area contributed by atoms with E-state index in [1.54, 1.807) is 12.1 Å². The van der Waals surface area contributed by atoms with Gasteiger partial charge < -0.3 is 14.8 Å². The van der Waals surface area contributed by atoms with Crippen molar-refractivity contribution in [2.45, 2.75) is 25.9 Å². The van der Waals surface area contributed by atoms with Crippen molar-refractivity contribution in [1.29, 1.82) is 0 Å². The van der Waals surface area contributed by atoms with Crippen LogP contribution >= 0.6 is 0 Å². The van der Waals surface area contributed by atoms with Crippen molar-refractivity contribution in [3.05, 3.63) is 29.3 Å². The number of benzene rings is 1. The Balaban J connectivity index is 2.19. The van der Waals surface area contributed by atoms with E-state index in [1.807, 2.05) is 13.0 Å². The molecule has 0 radical (unpaired) electrons. The molecule has 5 nitrogen and oxygen atoms in total. The van der Waals surface area contributed by atoms with Gasteiger partial charge in [-0.25, -0.2) is 4.79 Å². The van der Waals surface area contributed by atoms with Gasteiger partial charge in [-0.1, -0.05) is 11.6 Å². The lowest BCUT2D eigenvalue weighted by atomic mass is 10.1. The van der Waals surface area contributed by atoms with Gasteiger partial charge in [-0.3, -0.25) is 4.79 Å². The molecule has 0 spiro atoms. The van der Waals surface area contributed by atoms with Gasteiger partial charge in [0.05, 0.1) is 18.4 Å². The monoisotopic (exact) mass is 263 g/mol. The maximum atomic E-state index is 12.0. The summed E-state index contributed by atoms with van der Waals surface area (Å²) in [6, 6.07) is 5.23. The van der Waals surface area contributed by atoms with Gasteiger partial charge in [0.2, 0.25) is 0 Å². The van der Waals surface area contributed by atoms with E-state index in [1.165, 1.54) is 7.11 Å². The molecule has 1 N–H and O–H groups in total. The molecule has 1 aliphatic heterocycles. The van der Waals surface area contributed by atoms with Gasteiger partial charge in [0.25, 0.3) is 5.91 Å². The number of amides is 1. The van der Waals surface area contributed by atoms with Gasteiger partial charge >= 0.3 is 5.97 Å². The Morgan fingerprint density at radius 2 is 2.21 bits per heavy atom. The van der Waals surface area contributed by atoms with Gasteiger partial charge in [0, 0.05) is 6.61 Å². The van der Waals surface area contributed by atoms with Crippen molar-refractivity contribution in [3.63, 3.8) is 0 Å². The van der Waals surface area contributed by atoms with Crippen molar-refractivity contribution in [1.82, 2.24) is 0 Å². The topological polar surface area (TPSA) is 64.6 Å². The second-order valence-electron chi connectivity index (χ2n) is 4.53. The Hall–Kier alpha value is -1.88. The van der Waals surface area contributed by atoms with E-state index >= 15 is 0 Å². The number of rotatable bonds is 3. The third-order valence-corrected chi connectivity index (χ3v) is 3.06. The standard InChI is InChI=1S/C14H17NO4/c1-9-5-6-11(10(8-9)14(17)18-2)15-13(16)12-4-3-7-19-12/h5-6,8,12H,3-4,7H2,1-2H3,(H,15,16)/t12-/m0/s1. The molecule has 0 aromatic heterocycles. The van der Waals surface area contributed by atoms with E-state index < -0.39 is 12.1 Å². The van der Waals surface area contributed by atoms with Gasteiger partial charge in [0.15, 0.2) is 0 Å². The van der Waals surface area contributed by atoms with E-state index in [0.717, 1.165) is 12.0 Å². The normalized spacial score (nSPS) is 18.1. The lowest BCUT2D eigenvalue weighted by molar-refractivity contribution is -0.124. The van der Waals surface area contributed by atoms with Crippen LogP contribution in [0, 0.1) is 6.92 Å². The predicted octanol–water partition coefficient (Wildman–Crippen LogP) is 1.90. The third-order valence-electron chi connectivity index (χ3n) is 3.06. The van der Waals surface area contributed by atoms with Gasteiger partial charge in [-0.15, -0.1) is 0 Å². The SMILES string of the molecule is COC(=O)c1cc(C)ccc1NC(=O)[C@@H]1CCCO1. The first-order valence-corrected chi connectivity index (χ1v) is 6.23. The minimum Gasteiger partial charge on any atom is -0.465 e. The van der Waals surface area contributed by atoms with E-state index in [-0.39, 0.29) is 5.91 Å². The molecule has 1 saturated heterocycles. The highest BCUT2D eigenvalue weighted by Crippen LogP contribution is 2.20. The summed E-state index contributed by atoms with van der Waals surface area (Å²) in [6.07, 6.45) is 1.17. The number of anilines is 1. The van der Waals surface area contributed by atoms with Crippen molar-refractivity contribution in [2.24, 2.45) is 0 Å². The Morgan fingerprint density at radius 1 is 1.42 bits per heavy atom. The van der Waals surface area contributed by atoms with Crippen LogP contribution in [0.1, 0.15) is 28.8 Å². The quantitative estimate of drug-likeness (QED) is 0.846. The molecule has 102 valence electrons. The molecule has 1 aliphatic rings. The van der Waals surface area contributed by atoms with Crippen LogP contribution in [0.15, 0.2) is 18.2 Å². The Bertz CT molecular complexity index is 492. The average molecular weight is 263 g/mol. The molecule has 5 heteroatoms. The molecule has 1 amide bonds. The molecule has 0 unspecified atom stereocenters. The van der Waals surface area contributed by atoms with Crippen LogP contribution in [0.5, 0.6) is 0 Å². The van der Waals surface area contributed by atoms with Crippen molar-refractivity contribution < 1.29 is 19.1 Å². The number of methoxy groups -OCH3 is 1. The summed E-state index contributed by atoms with van der Waals surface area (Å²) >= 11 is 0. The molecule has 19 heavy (non-hydrogen) atoms. The van der Waals surface area contributed by atoms with E-state index in [9.17, 15) is 9.59 Å². The Morgan fingerprint density at radius 3 is 2.84 bits per heavy atom. The summed E-state index contributed by atoms with van der Waals surface area (Å²) in [6.45, 7) is 2.48. The predicted molar refractivity (Wildman–Crippen MR) is 70.1 cm³/mol. The summed E-state index contributed by atoms with van der Waals surface area (Å²) in [4.78, 5) is 23.7. The summed E-state index contributed by atoms with van der Waals surface area (Å²) < 4.78 is 10.0. The highest BCUT2D eigenvalue weighted by molar-refractivity contribution is 6.02. The van der Waals surface area contributed by atoms with Crippen LogP contribution in [0.25, 0.3) is 0 Å². The van der Waals surface area contributed by atoms with Gasteiger partial charge in [-0.2, -0.15) is 0 Å². The lowest BCUT2D eigenvalue weighted by Crippen LogP contribution is -2.27. The van der Waals surface area contributed by atoms with Gasteiger partial charge in [0.1, 0.15) is 6.10 Å². The van der Waals surface area contributed by atoms with Crippen molar-refractivity contribution >= 4 is 17.6 Å². The first-order chi connectivity index (χ1) is 9.11. The second-order valence-corrected chi connectivity index (χ2v) is 4.53. The van der Waals surface area contributed by atoms with Crippen LogP contribution in [-0.4, -0.2) is 31.7 Å². The number of carbonyl (C=O) groups excluding carboxylic acids is 2. The smallest absolute Gasteiger partial charge is 0.339 e. The van der Waals surface area contributed by atoms with Crippen molar-refractivity contribution in [3.8, 4) is 0 Å². The zero-order valence-electron chi connectivity index (χ0n) is 11.1. The number of ether oxygens (including phenoxy) is 2. The number of hydrogen-bond acceptors (Lipinski definition) is 4. The van der Waals surface area contributed by atoms with Gasteiger partial charge in [-0.05, 0) is 31.9 Å². The number of hydrogen-bond donors (Lipinski definition) is 1. The number of carbonyl (C=O) groups is 2. The fraction of sp³-hybridized carbons (Fsp3) is 0.429. The summed E-state index contributed by atoms with van der Waals surface area (Å²) in [5.74, 6) is -0.683. The minimum absolute atomic E-state index is 0.216. The number of aryl methyl sites for hydroxylation is 1. The molecular weight excluding hydrogens is 246 g/mol. The largest absolute Gasteiger partial charge is 0.465 e. The van der Waals surface area contributed by atoms with E-state index in [2.05, 4.69) is 5.32 Å². The molecule has 0 saturated carbocycles. The summed E-state index contributed by atoms with van der Waals surface area (Å²) in [7, 11) is 1.32. The highest BCUT2D eigenvalue weighted by atomic mass is 16.5. The summed E-state index contributed by atoms with van der Waals surface area (Å²) in [5.41, 5.74) is 1.74. The van der Waals surface area contributed by atoms with E-state index in [0.29, 0.717) is 24.3 Å². The highest BCUT2D eigenvalue weighted by Gasteiger charge is 2.25. The first kappa shape index (κ1) is 13.5. The molecule has 2 rings (SSSR count). The maximum Gasteiger partial charge on any atom is 0.339 e. The first-order valence-electron chi connectivity index (χ1n) is 6.23. The van der Waals surface area contributed by atoms with Crippen LogP contribution in [0.4, 0.5) is 5.69 Å². The Kier molecular flexibility index (Phi) is 4.16. The average Bonchev–Trinajstić information content (AvgIpc) is 2.94. The second kappa shape index (κ2) is 5.84. The molecular formula is C14H17NO4. The molecule has 0 aliphatic carbocycles. The van der Waals surface area contributed by atoms with Crippen molar-refractivity contribution in [2.75, 3.05) is 19.0 Å². The number of nitrogens with one attached hydrogen (secondary N) is 1. The molecule has 0 bridgehead atoms. The maximum absolute atomic E-state index is 12.0. The molecule has 1 aromatic carbocycles. The minimum atomic E-state index is -0.466. The molecule has 1 aromatic rings. The third kappa shape index (κ3) is 3.12. The van der Waals surface area contributed by atoms with Crippen LogP contribution in [0.2, 0.25) is 0 Å². The van der Waals surface area contributed by atoms with Crippen LogP contribution in [-0.2, 0) is 14.3 Å². The fourth-order valence-corrected chi connectivity index (χ4v) is 2.04. The van der Waals surface area contributed by atoms with Crippen LogP contribution < -0.4 is 5.32 Å². The zero-order valence-corrected chi connectivity index (χ0v) is 11.1. The van der Waals surface area contributed by atoms with Crippen LogP contribution in [0.3, 0.4) is 0 Å². The van der Waals surface area contributed by atoms with E-state index in [4.69, 9.17) is 9.47 Å². The Labute approximate surface area is 111 Å². The molecule has 1 heterocycles. The zero-order chi connectivity index (χ0) is 13.8. The summed E-state index contributed by atoms with van der Waals surface area (Å²) in [5, 5.41) is 2.73. The fourth-order valence-electron chi connectivity index (χ4n) is 2.04. The number of esters is 1. The molecule has 1 atom stereocenters. The lowest BCUT2D eigenvalue weighted by Gasteiger charge is -2.13.